The fraction of sp³-hybridized carbons (Fsp3) is 0.714. The molecule has 0 amide bonds. The number of hydrogen-bond donors (Lipinski definition) is 1. The summed E-state index contributed by atoms with van der Waals surface area (Å²) in [6.07, 6.45) is 10.3. The number of fused-ring (bicyclic) bond motifs is 1. The Hall–Kier alpha value is -1.38. The highest BCUT2D eigenvalue weighted by Gasteiger charge is 2.60. The molecule has 0 aromatic heterocycles. The molecule has 0 saturated heterocycles. The van der Waals surface area contributed by atoms with Gasteiger partial charge >= 0.3 is 5.97 Å². The third-order valence-electron chi connectivity index (χ3n) is 8.00. The van der Waals surface area contributed by atoms with Gasteiger partial charge in [0, 0.05) is 6.08 Å². The number of carboxylic acids is 1. The summed E-state index contributed by atoms with van der Waals surface area (Å²) in [6, 6.07) is 0. The second-order valence-electron chi connectivity index (χ2n) is 8.62. The number of allylic oxidation sites excluding steroid dienone is 3. The summed E-state index contributed by atoms with van der Waals surface area (Å²) in [7, 11) is 0. The lowest BCUT2D eigenvalue weighted by atomic mass is 9.39. The van der Waals surface area contributed by atoms with E-state index in [9.17, 15) is 9.59 Å². The Morgan fingerprint density at radius 2 is 2.00 bits per heavy atom. The molecule has 0 heterocycles. The highest BCUT2D eigenvalue weighted by Crippen LogP contribution is 2.69. The summed E-state index contributed by atoms with van der Waals surface area (Å²) in [6.45, 7) is 11.8. The predicted octanol–water partition coefficient (Wildman–Crippen LogP) is 5.17. The molecule has 1 saturated carbocycles. The first kappa shape index (κ1) is 19.0. The van der Waals surface area contributed by atoms with Gasteiger partial charge in [0.25, 0.3) is 0 Å². The Labute approximate surface area is 146 Å². The quantitative estimate of drug-likeness (QED) is 0.429. The maximum absolute atomic E-state index is 11.2. The van der Waals surface area contributed by atoms with Gasteiger partial charge in [-0.2, -0.15) is 0 Å². The molecule has 0 spiro atoms. The van der Waals surface area contributed by atoms with Crippen molar-refractivity contribution in [3.8, 4) is 0 Å². The number of rotatable bonds is 5. The molecule has 2 aliphatic rings. The van der Waals surface area contributed by atoms with Crippen LogP contribution in [0.15, 0.2) is 23.3 Å². The Morgan fingerprint density at radius 1 is 1.33 bits per heavy atom. The number of aliphatic carboxylic acids is 1. The standard InChI is InChI=1S/C21H32O3/c1-15-7-6-10-21(5)19(15,3)11-8-16(2)20(21,4)12-9-17(14-22)13-18(23)24/h7,13-14,16H,6,8-12H2,1-5H3,(H,23,24). The Bertz CT molecular complexity index is 588. The molecule has 0 radical (unpaired) electrons. The molecule has 0 aromatic rings. The van der Waals surface area contributed by atoms with E-state index in [1.165, 1.54) is 24.8 Å². The molecule has 24 heavy (non-hydrogen) atoms. The zero-order chi connectivity index (χ0) is 18.2. The number of carbonyl (C=O) groups is 2. The molecule has 1 fully saturated rings. The molecule has 134 valence electrons. The fourth-order valence-electron chi connectivity index (χ4n) is 5.52. The van der Waals surface area contributed by atoms with Crippen LogP contribution in [0.25, 0.3) is 0 Å². The van der Waals surface area contributed by atoms with Crippen LogP contribution < -0.4 is 0 Å². The summed E-state index contributed by atoms with van der Waals surface area (Å²) >= 11 is 0. The maximum atomic E-state index is 11.2. The monoisotopic (exact) mass is 332 g/mol. The third kappa shape index (κ3) is 2.76. The Morgan fingerprint density at radius 3 is 2.58 bits per heavy atom. The lowest BCUT2D eigenvalue weighted by molar-refractivity contribution is -0.132. The van der Waals surface area contributed by atoms with E-state index in [-0.39, 0.29) is 16.2 Å². The van der Waals surface area contributed by atoms with Gasteiger partial charge in [0.2, 0.25) is 0 Å². The zero-order valence-electron chi connectivity index (χ0n) is 15.8. The van der Waals surface area contributed by atoms with Gasteiger partial charge in [0.05, 0.1) is 0 Å². The van der Waals surface area contributed by atoms with Crippen molar-refractivity contribution < 1.29 is 14.7 Å². The smallest absolute Gasteiger partial charge is 0.328 e. The van der Waals surface area contributed by atoms with Gasteiger partial charge in [-0.05, 0) is 73.2 Å². The van der Waals surface area contributed by atoms with E-state index >= 15 is 0 Å². The van der Waals surface area contributed by atoms with Gasteiger partial charge in [-0.15, -0.1) is 0 Å². The van der Waals surface area contributed by atoms with E-state index in [2.05, 4.69) is 40.7 Å². The molecule has 3 nitrogen and oxygen atoms in total. The SMILES string of the molecule is CC1=CCCC2(C)C1(C)CCC(C)C2(C)CCC(C=O)=CC(=O)O. The molecule has 3 heteroatoms. The van der Waals surface area contributed by atoms with Crippen LogP contribution in [0.5, 0.6) is 0 Å². The van der Waals surface area contributed by atoms with Crippen LogP contribution in [0.4, 0.5) is 0 Å². The fourth-order valence-corrected chi connectivity index (χ4v) is 5.52. The number of aldehydes is 1. The lowest BCUT2D eigenvalue weighted by Gasteiger charge is -2.65. The van der Waals surface area contributed by atoms with E-state index in [1.54, 1.807) is 0 Å². The van der Waals surface area contributed by atoms with Crippen LogP contribution in [0.3, 0.4) is 0 Å². The minimum Gasteiger partial charge on any atom is -0.478 e. The minimum atomic E-state index is -1.04. The van der Waals surface area contributed by atoms with Crippen molar-refractivity contribution >= 4 is 12.3 Å². The molecular formula is C21H32O3. The van der Waals surface area contributed by atoms with Gasteiger partial charge in [-0.1, -0.05) is 39.3 Å². The van der Waals surface area contributed by atoms with E-state index in [1.807, 2.05) is 0 Å². The van der Waals surface area contributed by atoms with E-state index in [4.69, 9.17) is 5.11 Å². The van der Waals surface area contributed by atoms with Crippen molar-refractivity contribution in [3.05, 3.63) is 23.3 Å². The number of carbonyl (C=O) groups excluding carboxylic acids is 1. The summed E-state index contributed by atoms with van der Waals surface area (Å²) in [4.78, 5) is 22.1. The summed E-state index contributed by atoms with van der Waals surface area (Å²) in [5, 5.41) is 8.94. The van der Waals surface area contributed by atoms with E-state index in [0.29, 0.717) is 24.2 Å². The molecule has 2 rings (SSSR count). The molecular weight excluding hydrogens is 300 g/mol. The Kier molecular flexibility index (Phi) is 5.13. The molecule has 0 bridgehead atoms. The normalized spacial score (nSPS) is 39.8. The maximum Gasteiger partial charge on any atom is 0.328 e. The van der Waals surface area contributed by atoms with Crippen molar-refractivity contribution in [1.29, 1.82) is 0 Å². The predicted molar refractivity (Wildman–Crippen MR) is 96.7 cm³/mol. The van der Waals surface area contributed by atoms with Gasteiger partial charge in [-0.25, -0.2) is 4.79 Å². The number of hydrogen-bond acceptors (Lipinski definition) is 2. The van der Waals surface area contributed by atoms with Crippen LogP contribution >= 0.6 is 0 Å². The van der Waals surface area contributed by atoms with Crippen LogP contribution in [0.2, 0.25) is 0 Å². The summed E-state index contributed by atoms with van der Waals surface area (Å²) < 4.78 is 0. The van der Waals surface area contributed by atoms with Crippen LogP contribution in [0, 0.1) is 22.2 Å². The van der Waals surface area contributed by atoms with Crippen molar-refractivity contribution in [3.63, 3.8) is 0 Å². The second-order valence-corrected chi connectivity index (χ2v) is 8.62. The molecule has 2 aliphatic carbocycles. The first-order valence-corrected chi connectivity index (χ1v) is 9.16. The molecule has 0 aliphatic heterocycles. The van der Waals surface area contributed by atoms with E-state index in [0.717, 1.165) is 18.9 Å². The Balaban J connectivity index is 2.36. The van der Waals surface area contributed by atoms with Crippen molar-refractivity contribution in [2.75, 3.05) is 0 Å². The average Bonchev–Trinajstić information content (AvgIpc) is 2.52. The number of carboxylic acid groups (broad SMARTS) is 1. The second kappa shape index (κ2) is 6.50. The van der Waals surface area contributed by atoms with Crippen LogP contribution in [-0.2, 0) is 9.59 Å². The zero-order valence-corrected chi connectivity index (χ0v) is 15.8. The third-order valence-corrected chi connectivity index (χ3v) is 8.00. The van der Waals surface area contributed by atoms with Gasteiger partial charge < -0.3 is 5.11 Å². The molecule has 0 aromatic carbocycles. The van der Waals surface area contributed by atoms with Crippen LogP contribution in [0.1, 0.15) is 73.1 Å². The molecule has 4 unspecified atom stereocenters. The van der Waals surface area contributed by atoms with E-state index < -0.39 is 5.97 Å². The summed E-state index contributed by atoms with van der Waals surface area (Å²) in [5.74, 6) is -0.467. The van der Waals surface area contributed by atoms with Crippen molar-refractivity contribution in [1.82, 2.24) is 0 Å². The summed E-state index contributed by atoms with van der Waals surface area (Å²) in [5.41, 5.74) is 2.37. The minimum absolute atomic E-state index is 0.0934. The highest BCUT2D eigenvalue weighted by molar-refractivity contribution is 5.88. The first-order valence-electron chi connectivity index (χ1n) is 9.16. The van der Waals surface area contributed by atoms with Gasteiger partial charge in [-0.3, -0.25) is 4.79 Å². The molecule has 4 atom stereocenters. The average molecular weight is 332 g/mol. The van der Waals surface area contributed by atoms with Crippen molar-refractivity contribution in [2.45, 2.75) is 73.1 Å². The molecule has 1 N–H and O–H groups in total. The first-order chi connectivity index (χ1) is 11.1. The highest BCUT2D eigenvalue weighted by atomic mass is 16.4. The van der Waals surface area contributed by atoms with Gasteiger partial charge in [0.15, 0.2) is 0 Å². The lowest BCUT2D eigenvalue weighted by Crippen LogP contribution is -2.57. The van der Waals surface area contributed by atoms with Crippen molar-refractivity contribution in [2.24, 2.45) is 22.2 Å². The topological polar surface area (TPSA) is 54.4 Å². The van der Waals surface area contributed by atoms with Crippen LogP contribution in [-0.4, -0.2) is 17.4 Å². The van der Waals surface area contributed by atoms with Gasteiger partial charge in [0.1, 0.15) is 6.29 Å². The largest absolute Gasteiger partial charge is 0.478 e.